The third-order valence-corrected chi connectivity index (χ3v) is 3.13. The van der Waals surface area contributed by atoms with Crippen LogP contribution in [0.1, 0.15) is 17.3 Å². The molecule has 0 aliphatic carbocycles. The Kier molecular flexibility index (Phi) is 5.95. The molecule has 0 fully saturated rings. The molecule has 17 heavy (non-hydrogen) atoms. The van der Waals surface area contributed by atoms with Gasteiger partial charge in [0.2, 0.25) is 0 Å². The molecule has 1 amide bonds. The number of carbonyl (C=O) groups is 1. The maximum absolute atomic E-state index is 11.9. The number of benzene rings is 1. The van der Waals surface area contributed by atoms with E-state index in [2.05, 4.69) is 21.2 Å². The van der Waals surface area contributed by atoms with Crippen molar-refractivity contribution in [2.75, 3.05) is 20.3 Å². The van der Waals surface area contributed by atoms with E-state index in [9.17, 15) is 4.79 Å². The van der Waals surface area contributed by atoms with E-state index >= 15 is 0 Å². The number of ether oxygens (including phenoxy) is 1. The fraction of sp³-hybridized carbons (Fsp3) is 0.417. The lowest BCUT2D eigenvalue weighted by Crippen LogP contribution is -2.30. The molecule has 94 valence electrons. The second kappa shape index (κ2) is 6.99. The van der Waals surface area contributed by atoms with Gasteiger partial charge in [-0.2, -0.15) is 0 Å². The zero-order valence-electron chi connectivity index (χ0n) is 9.80. The molecule has 1 unspecified atom stereocenters. The molecule has 0 aliphatic heterocycles. The van der Waals surface area contributed by atoms with Crippen molar-refractivity contribution in [2.45, 2.75) is 6.92 Å². The van der Waals surface area contributed by atoms with Crippen LogP contribution < -0.4 is 5.32 Å². The van der Waals surface area contributed by atoms with Gasteiger partial charge in [0.15, 0.2) is 0 Å². The number of carbonyl (C=O) groups excluding carboxylic acids is 1. The van der Waals surface area contributed by atoms with Gasteiger partial charge in [-0.25, -0.2) is 0 Å². The lowest BCUT2D eigenvalue weighted by Gasteiger charge is -2.12. The first-order valence-electron chi connectivity index (χ1n) is 5.26. The maximum Gasteiger partial charge on any atom is 0.252 e. The van der Waals surface area contributed by atoms with E-state index in [4.69, 9.17) is 16.3 Å². The maximum atomic E-state index is 11.9. The summed E-state index contributed by atoms with van der Waals surface area (Å²) >= 11 is 9.13. The van der Waals surface area contributed by atoms with Crippen LogP contribution in [0.15, 0.2) is 22.7 Å². The molecular formula is C12H15BrClNO2. The van der Waals surface area contributed by atoms with Crippen LogP contribution in [0.2, 0.25) is 5.02 Å². The first-order valence-corrected chi connectivity index (χ1v) is 6.44. The van der Waals surface area contributed by atoms with E-state index in [1.807, 2.05) is 6.92 Å². The fourth-order valence-electron chi connectivity index (χ4n) is 1.38. The van der Waals surface area contributed by atoms with Crippen molar-refractivity contribution in [3.05, 3.63) is 33.3 Å². The van der Waals surface area contributed by atoms with Crippen LogP contribution in [-0.2, 0) is 4.74 Å². The smallest absolute Gasteiger partial charge is 0.252 e. The Morgan fingerprint density at radius 3 is 2.88 bits per heavy atom. The molecular weight excluding hydrogens is 305 g/mol. The predicted molar refractivity (Wildman–Crippen MR) is 72.5 cm³/mol. The number of rotatable bonds is 5. The Morgan fingerprint density at radius 1 is 1.59 bits per heavy atom. The van der Waals surface area contributed by atoms with Gasteiger partial charge in [0.05, 0.1) is 12.2 Å². The molecule has 0 saturated heterocycles. The van der Waals surface area contributed by atoms with E-state index in [-0.39, 0.29) is 11.8 Å². The van der Waals surface area contributed by atoms with Crippen molar-refractivity contribution in [3.8, 4) is 0 Å². The van der Waals surface area contributed by atoms with Gasteiger partial charge in [-0.15, -0.1) is 0 Å². The summed E-state index contributed by atoms with van der Waals surface area (Å²) in [5.41, 5.74) is 0.582. The number of hydrogen-bond donors (Lipinski definition) is 1. The Hall–Kier alpha value is -0.580. The summed E-state index contributed by atoms with van der Waals surface area (Å²) in [4.78, 5) is 11.9. The van der Waals surface area contributed by atoms with Crippen molar-refractivity contribution in [3.63, 3.8) is 0 Å². The van der Waals surface area contributed by atoms with E-state index in [1.165, 1.54) is 0 Å². The summed E-state index contributed by atoms with van der Waals surface area (Å²) in [6, 6.07) is 5.09. The average molecular weight is 321 g/mol. The van der Waals surface area contributed by atoms with Gasteiger partial charge in [-0.1, -0.05) is 18.5 Å². The van der Waals surface area contributed by atoms with Crippen LogP contribution in [0.5, 0.6) is 0 Å². The van der Waals surface area contributed by atoms with E-state index in [0.717, 1.165) is 0 Å². The largest absolute Gasteiger partial charge is 0.384 e. The topological polar surface area (TPSA) is 38.3 Å². The monoisotopic (exact) mass is 319 g/mol. The molecule has 0 aromatic heterocycles. The highest BCUT2D eigenvalue weighted by Crippen LogP contribution is 2.21. The molecule has 0 bridgehead atoms. The highest BCUT2D eigenvalue weighted by Gasteiger charge is 2.11. The zero-order chi connectivity index (χ0) is 12.8. The van der Waals surface area contributed by atoms with Crippen LogP contribution in [0.4, 0.5) is 0 Å². The minimum absolute atomic E-state index is 0.114. The van der Waals surface area contributed by atoms with Gasteiger partial charge in [-0.3, -0.25) is 4.79 Å². The van der Waals surface area contributed by atoms with Gasteiger partial charge >= 0.3 is 0 Å². The minimum Gasteiger partial charge on any atom is -0.384 e. The Morgan fingerprint density at radius 2 is 2.29 bits per heavy atom. The van der Waals surface area contributed by atoms with Crippen LogP contribution in [0.3, 0.4) is 0 Å². The Labute approximate surface area is 115 Å². The number of halogens is 2. The van der Waals surface area contributed by atoms with Crippen molar-refractivity contribution in [1.29, 1.82) is 0 Å². The number of nitrogens with one attached hydrogen (secondary N) is 1. The number of methoxy groups -OCH3 is 1. The molecule has 3 nitrogen and oxygen atoms in total. The lowest BCUT2D eigenvalue weighted by molar-refractivity contribution is 0.0933. The lowest BCUT2D eigenvalue weighted by atomic mass is 10.1. The van der Waals surface area contributed by atoms with Crippen LogP contribution >= 0.6 is 27.5 Å². The van der Waals surface area contributed by atoms with E-state index in [0.29, 0.717) is 28.2 Å². The standard InChI is InChI=1S/C12H15BrClNO2/c1-8(7-17-2)6-15-12(16)10-4-3-9(14)5-11(10)13/h3-5,8H,6-7H2,1-2H3,(H,15,16). The summed E-state index contributed by atoms with van der Waals surface area (Å²) < 4.78 is 5.70. The third kappa shape index (κ3) is 4.66. The summed E-state index contributed by atoms with van der Waals surface area (Å²) in [6.45, 7) is 3.23. The first-order chi connectivity index (χ1) is 8.04. The summed E-state index contributed by atoms with van der Waals surface area (Å²) in [5, 5.41) is 3.45. The summed E-state index contributed by atoms with van der Waals surface area (Å²) in [6.07, 6.45) is 0. The molecule has 0 heterocycles. The van der Waals surface area contributed by atoms with Crippen molar-refractivity contribution in [1.82, 2.24) is 5.32 Å². The highest BCUT2D eigenvalue weighted by atomic mass is 79.9. The first kappa shape index (κ1) is 14.5. The number of amides is 1. The molecule has 5 heteroatoms. The molecule has 1 rings (SSSR count). The minimum atomic E-state index is -0.114. The summed E-state index contributed by atoms with van der Waals surface area (Å²) in [7, 11) is 1.65. The molecule has 0 radical (unpaired) electrons. The Balaban J connectivity index is 2.58. The van der Waals surface area contributed by atoms with E-state index < -0.39 is 0 Å². The molecule has 1 aromatic carbocycles. The van der Waals surface area contributed by atoms with Gasteiger partial charge in [0.25, 0.3) is 5.91 Å². The third-order valence-electron chi connectivity index (χ3n) is 2.24. The van der Waals surface area contributed by atoms with Crippen LogP contribution in [0, 0.1) is 5.92 Å². The molecule has 0 saturated carbocycles. The van der Waals surface area contributed by atoms with Gasteiger partial charge < -0.3 is 10.1 Å². The normalized spacial score (nSPS) is 12.2. The average Bonchev–Trinajstić information content (AvgIpc) is 2.26. The predicted octanol–water partition coefficient (Wildman–Crippen LogP) is 3.11. The molecule has 1 aromatic rings. The molecule has 0 spiro atoms. The quantitative estimate of drug-likeness (QED) is 0.905. The number of hydrogen-bond acceptors (Lipinski definition) is 2. The van der Waals surface area contributed by atoms with E-state index in [1.54, 1.807) is 25.3 Å². The molecule has 1 N–H and O–H groups in total. The second-order valence-electron chi connectivity index (χ2n) is 3.89. The SMILES string of the molecule is COCC(C)CNC(=O)c1ccc(Cl)cc1Br. The van der Waals surface area contributed by atoms with Crippen molar-refractivity contribution < 1.29 is 9.53 Å². The Bertz CT molecular complexity index is 398. The van der Waals surface area contributed by atoms with Crippen LogP contribution in [-0.4, -0.2) is 26.2 Å². The second-order valence-corrected chi connectivity index (χ2v) is 5.19. The van der Waals surface area contributed by atoms with Gasteiger partial charge in [0, 0.05) is 23.1 Å². The van der Waals surface area contributed by atoms with Crippen molar-refractivity contribution in [2.24, 2.45) is 5.92 Å². The fourth-order valence-corrected chi connectivity index (χ4v) is 2.24. The summed E-state index contributed by atoms with van der Waals surface area (Å²) in [5.74, 6) is 0.173. The molecule has 0 aliphatic rings. The highest BCUT2D eigenvalue weighted by molar-refractivity contribution is 9.10. The zero-order valence-corrected chi connectivity index (χ0v) is 12.1. The van der Waals surface area contributed by atoms with Crippen LogP contribution in [0.25, 0.3) is 0 Å². The molecule has 1 atom stereocenters. The van der Waals surface area contributed by atoms with Gasteiger partial charge in [0.1, 0.15) is 0 Å². The van der Waals surface area contributed by atoms with Gasteiger partial charge in [-0.05, 0) is 40.0 Å². The van der Waals surface area contributed by atoms with Crippen molar-refractivity contribution >= 4 is 33.4 Å².